The Kier molecular flexibility index (Phi) is 11.8. The van der Waals surface area contributed by atoms with E-state index in [4.69, 9.17) is 9.47 Å². The SMILES string of the molecule is CCNC(=O)CCC(=O)NCCOCCOCCC(C)(C)C. The van der Waals surface area contributed by atoms with E-state index in [1.54, 1.807) is 0 Å². The summed E-state index contributed by atoms with van der Waals surface area (Å²) in [6.07, 6.45) is 1.46. The van der Waals surface area contributed by atoms with Gasteiger partial charge in [0.1, 0.15) is 0 Å². The van der Waals surface area contributed by atoms with Crippen molar-refractivity contribution in [3.05, 3.63) is 0 Å². The van der Waals surface area contributed by atoms with Crippen LogP contribution < -0.4 is 10.6 Å². The molecule has 130 valence electrons. The minimum atomic E-state index is -0.128. The standard InChI is InChI=1S/C16H32N2O4/c1-5-17-14(19)6-7-15(20)18-9-11-22-13-12-21-10-8-16(2,3)4/h5-13H2,1-4H3,(H,17,19)(H,18,20). The maximum Gasteiger partial charge on any atom is 0.220 e. The summed E-state index contributed by atoms with van der Waals surface area (Å²) in [6.45, 7) is 11.7. The van der Waals surface area contributed by atoms with E-state index < -0.39 is 0 Å². The van der Waals surface area contributed by atoms with Crippen LogP contribution in [0.5, 0.6) is 0 Å². The summed E-state index contributed by atoms with van der Waals surface area (Å²) in [5.41, 5.74) is 0.291. The summed E-state index contributed by atoms with van der Waals surface area (Å²) < 4.78 is 10.8. The fourth-order valence-electron chi connectivity index (χ4n) is 1.56. The maximum atomic E-state index is 11.4. The number of carbonyl (C=O) groups excluding carboxylic acids is 2. The lowest BCUT2D eigenvalue weighted by Gasteiger charge is -2.17. The molecule has 0 saturated carbocycles. The van der Waals surface area contributed by atoms with Gasteiger partial charge >= 0.3 is 0 Å². The molecule has 0 fully saturated rings. The van der Waals surface area contributed by atoms with Crippen LogP contribution in [-0.4, -0.2) is 51.3 Å². The van der Waals surface area contributed by atoms with Crippen molar-refractivity contribution in [1.29, 1.82) is 0 Å². The van der Waals surface area contributed by atoms with Gasteiger partial charge in [0.25, 0.3) is 0 Å². The molecule has 0 radical (unpaired) electrons. The van der Waals surface area contributed by atoms with Crippen molar-refractivity contribution in [3.8, 4) is 0 Å². The third-order valence-electron chi connectivity index (χ3n) is 2.89. The summed E-state index contributed by atoms with van der Waals surface area (Å²) in [6, 6.07) is 0. The molecular formula is C16H32N2O4. The Bertz CT molecular complexity index is 314. The predicted octanol–water partition coefficient (Wildman–Crippen LogP) is 1.49. The van der Waals surface area contributed by atoms with Gasteiger partial charge in [0, 0.05) is 32.5 Å². The highest BCUT2D eigenvalue weighted by atomic mass is 16.5. The van der Waals surface area contributed by atoms with E-state index in [9.17, 15) is 9.59 Å². The van der Waals surface area contributed by atoms with Gasteiger partial charge in [-0.3, -0.25) is 9.59 Å². The molecular weight excluding hydrogens is 284 g/mol. The van der Waals surface area contributed by atoms with Crippen LogP contribution in [0.25, 0.3) is 0 Å². The van der Waals surface area contributed by atoms with E-state index in [1.165, 1.54) is 0 Å². The molecule has 2 N–H and O–H groups in total. The lowest BCUT2D eigenvalue weighted by atomic mass is 9.93. The summed E-state index contributed by atoms with van der Waals surface area (Å²) >= 11 is 0. The highest BCUT2D eigenvalue weighted by Gasteiger charge is 2.09. The van der Waals surface area contributed by atoms with Gasteiger partial charge in [-0.2, -0.15) is 0 Å². The number of ether oxygens (including phenoxy) is 2. The van der Waals surface area contributed by atoms with Gasteiger partial charge in [0.2, 0.25) is 11.8 Å². The predicted molar refractivity (Wildman–Crippen MR) is 86.6 cm³/mol. The molecule has 0 spiro atoms. The Hall–Kier alpha value is -1.14. The van der Waals surface area contributed by atoms with Crippen LogP contribution in [0.15, 0.2) is 0 Å². The number of nitrogens with one attached hydrogen (secondary N) is 2. The summed E-state index contributed by atoms with van der Waals surface area (Å²) in [5.74, 6) is -0.224. The summed E-state index contributed by atoms with van der Waals surface area (Å²) in [5, 5.41) is 5.37. The van der Waals surface area contributed by atoms with E-state index in [-0.39, 0.29) is 24.7 Å². The Balaban J connectivity index is 3.32. The van der Waals surface area contributed by atoms with E-state index in [1.807, 2.05) is 6.92 Å². The van der Waals surface area contributed by atoms with Crippen LogP contribution in [0.4, 0.5) is 0 Å². The van der Waals surface area contributed by atoms with Crippen molar-refractivity contribution < 1.29 is 19.1 Å². The molecule has 0 aliphatic heterocycles. The van der Waals surface area contributed by atoms with Crippen molar-refractivity contribution in [2.45, 2.75) is 47.0 Å². The third kappa shape index (κ3) is 15.3. The molecule has 0 aromatic carbocycles. The topological polar surface area (TPSA) is 76.7 Å². The Morgan fingerprint density at radius 1 is 0.864 bits per heavy atom. The van der Waals surface area contributed by atoms with Crippen LogP contribution in [0.1, 0.15) is 47.0 Å². The zero-order valence-corrected chi connectivity index (χ0v) is 14.5. The first-order valence-electron chi connectivity index (χ1n) is 8.04. The monoisotopic (exact) mass is 316 g/mol. The van der Waals surface area contributed by atoms with Gasteiger partial charge in [-0.25, -0.2) is 0 Å². The van der Waals surface area contributed by atoms with E-state index in [0.717, 1.165) is 13.0 Å². The number of amides is 2. The van der Waals surface area contributed by atoms with Gasteiger partial charge in [-0.1, -0.05) is 20.8 Å². The van der Waals surface area contributed by atoms with Crippen molar-refractivity contribution in [3.63, 3.8) is 0 Å². The minimum absolute atomic E-state index is 0.0960. The molecule has 2 amide bonds. The second-order valence-electron chi connectivity index (χ2n) is 6.34. The molecule has 22 heavy (non-hydrogen) atoms. The fourth-order valence-corrected chi connectivity index (χ4v) is 1.56. The first kappa shape index (κ1) is 20.9. The molecule has 6 nitrogen and oxygen atoms in total. The van der Waals surface area contributed by atoms with Crippen LogP contribution in [0.2, 0.25) is 0 Å². The molecule has 0 saturated heterocycles. The lowest BCUT2D eigenvalue weighted by molar-refractivity contribution is -0.126. The maximum absolute atomic E-state index is 11.4. The molecule has 0 unspecified atom stereocenters. The third-order valence-corrected chi connectivity index (χ3v) is 2.89. The summed E-state index contributed by atoms with van der Waals surface area (Å²) in [7, 11) is 0. The highest BCUT2D eigenvalue weighted by molar-refractivity contribution is 5.83. The Morgan fingerprint density at radius 2 is 1.41 bits per heavy atom. The number of carbonyl (C=O) groups is 2. The van der Waals surface area contributed by atoms with E-state index in [0.29, 0.717) is 38.3 Å². The average molecular weight is 316 g/mol. The second-order valence-corrected chi connectivity index (χ2v) is 6.34. The van der Waals surface area contributed by atoms with E-state index >= 15 is 0 Å². The quantitative estimate of drug-likeness (QED) is 0.535. The van der Waals surface area contributed by atoms with Crippen molar-refractivity contribution in [1.82, 2.24) is 10.6 Å². The number of hydrogen-bond acceptors (Lipinski definition) is 4. The fraction of sp³-hybridized carbons (Fsp3) is 0.875. The zero-order chi connectivity index (χ0) is 16.8. The van der Waals surface area contributed by atoms with E-state index in [2.05, 4.69) is 31.4 Å². The van der Waals surface area contributed by atoms with Gasteiger partial charge < -0.3 is 20.1 Å². The van der Waals surface area contributed by atoms with Gasteiger partial charge in [-0.15, -0.1) is 0 Å². The largest absolute Gasteiger partial charge is 0.379 e. The van der Waals surface area contributed by atoms with Crippen LogP contribution >= 0.6 is 0 Å². The molecule has 0 rings (SSSR count). The highest BCUT2D eigenvalue weighted by Crippen LogP contribution is 2.17. The van der Waals surface area contributed by atoms with Crippen molar-refractivity contribution >= 4 is 11.8 Å². The van der Waals surface area contributed by atoms with Crippen molar-refractivity contribution in [2.75, 3.05) is 39.5 Å². The smallest absolute Gasteiger partial charge is 0.220 e. The normalized spacial score (nSPS) is 11.3. The molecule has 6 heteroatoms. The van der Waals surface area contributed by atoms with Gasteiger partial charge in [0.05, 0.1) is 19.8 Å². The first-order chi connectivity index (χ1) is 10.3. The molecule has 0 aliphatic rings. The first-order valence-corrected chi connectivity index (χ1v) is 8.04. The molecule has 0 aromatic rings. The zero-order valence-electron chi connectivity index (χ0n) is 14.5. The second kappa shape index (κ2) is 12.4. The Labute approximate surface area is 134 Å². The van der Waals surface area contributed by atoms with Crippen LogP contribution in [-0.2, 0) is 19.1 Å². The lowest BCUT2D eigenvalue weighted by Crippen LogP contribution is -2.30. The minimum Gasteiger partial charge on any atom is -0.379 e. The summed E-state index contributed by atoms with van der Waals surface area (Å²) in [4.78, 5) is 22.6. The molecule has 0 bridgehead atoms. The van der Waals surface area contributed by atoms with Gasteiger partial charge in [0.15, 0.2) is 0 Å². The van der Waals surface area contributed by atoms with Crippen LogP contribution in [0, 0.1) is 5.41 Å². The average Bonchev–Trinajstić information content (AvgIpc) is 2.42. The van der Waals surface area contributed by atoms with Crippen molar-refractivity contribution in [2.24, 2.45) is 5.41 Å². The number of hydrogen-bond donors (Lipinski definition) is 2. The molecule has 0 heterocycles. The molecule has 0 atom stereocenters. The molecule has 0 aliphatic carbocycles. The van der Waals surface area contributed by atoms with Crippen LogP contribution in [0.3, 0.4) is 0 Å². The Morgan fingerprint density at radius 3 is 1.95 bits per heavy atom. The van der Waals surface area contributed by atoms with Gasteiger partial charge in [-0.05, 0) is 18.8 Å². The molecule has 0 aromatic heterocycles. The number of rotatable bonds is 12.